The summed E-state index contributed by atoms with van der Waals surface area (Å²) in [6.07, 6.45) is 0. The third-order valence-electron chi connectivity index (χ3n) is 2.96. The highest BCUT2D eigenvalue weighted by atomic mass is 16.3. The number of para-hydroxylation sites is 1. The van der Waals surface area contributed by atoms with Crippen molar-refractivity contribution >= 4 is 11.6 Å². The number of amides is 1. The molecule has 4 nitrogen and oxygen atoms in total. The summed E-state index contributed by atoms with van der Waals surface area (Å²) in [5, 5.41) is 21.4. The topological polar surface area (TPSA) is 69.6 Å². The van der Waals surface area contributed by atoms with Crippen molar-refractivity contribution < 1.29 is 15.0 Å². The van der Waals surface area contributed by atoms with Gasteiger partial charge in [0.25, 0.3) is 5.91 Å². The summed E-state index contributed by atoms with van der Waals surface area (Å²) < 4.78 is 0. The van der Waals surface area contributed by atoms with Crippen molar-refractivity contribution in [2.75, 3.05) is 5.32 Å². The number of hydrogen-bond donors (Lipinski definition) is 3. The summed E-state index contributed by atoms with van der Waals surface area (Å²) >= 11 is 0. The minimum absolute atomic E-state index is 0.247. The van der Waals surface area contributed by atoms with E-state index in [0.717, 1.165) is 16.8 Å². The number of aromatic hydroxyl groups is 2. The van der Waals surface area contributed by atoms with Crippen LogP contribution < -0.4 is 5.32 Å². The van der Waals surface area contributed by atoms with Gasteiger partial charge in [-0.25, -0.2) is 0 Å². The van der Waals surface area contributed by atoms with Gasteiger partial charge in [0.05, 0.1) is 0 Å². The van der Waals surface area contributed by atoms with Crippen molar-refractivity contribution in [2.45, 2.75) is 13.8 Å². The van der Waals surface area contributed by atoms with Crippen LogP contribution in [-0.2, 0) is 0 Å². The van der Waals surface area contributed by atoms with Crippen LogP contribution in [0.5, 0.6) is 11.5 Å². The molecule has 2 rings (SSSR count). The van der Waals surface area contributed by atoms with Gasteiger partial charge in [0.1, 0.15) is 0 Å². The second-order valence-electron chi connectivity index (χ2n) is 4.42. The average molecular weight is 257 g/mol. The first-order valence-corrected chi connectivity index (χ1v) is 5.88. The van der Waals surface area contributed by atoms with E-state index in [9.17, 15) is 15.0 Å². The lowest BCUT2D eigenvalue weighted by atomic mass is 10.1. The molecule has 0 atom stereocenters. The second-order valence-corrected chi connectivity index (χ2v) is 4.42. The van der Waals surface area contributed by atoms with Gasteiger partial charge >= 0.3 is 0 Å². The lowest BCUT2D eigenvalue weighted by molar-refractivity contribution is 0.102. The number of phenols is 2. The van der Waals surface area contributed by atoms with Gasteiger partial charge in [-0.1, -0.05) is 18.2 Å². The number of rotatable bonds is 2. The zero-order valence-corrected chi connectivity index (χ0v) is 10.8. The Morgan fingerprint density at radius 3 is 2.21 bits per heavy atom. The molecule has 0 saturated carbocycles. The van der Waals surface area contributed by atoms with Gasteiger partial charge < -0.3 is 15.5 Å². The Hall–Kier alpha value is -2.49. The summed E-state index contributed by atoms with van der Waals surface area (Å²) in [6.45, 7) is 3.83. The van der Waals surface area contributed by atoms with Crippen LogP contribution in [0, 0.1) is 13.8 Å². The molecule has 2 aromatic carbocycles. The second kappa shape index (κ2) is 5.02. The molecule has 4 heteroatoms. The fraction of sp³-hybridized carbons (Fsp3) is 0.133. The number of benzene rings is 2. The minimum Gasteiger partial charge on any atom is -0.504 e. The lowest BCUT2D eigenvalue weighted by Gasteiger charge is -2.11. The predicted molar refractivity (Wildman–Crippen MR) is 73.6 cm³/mol. The van der Waals surface area contributed by atoms with Gasteiger partial charge in [-0.2, -0.15) is 0 Å². The number of carbonyl (C=O) groups excluding carboxylic acids is 1. The van der Waals surface area contributed by atoms with Gasteiger partial charge in [-0.05, 0) is 43.2 Å². The number of nitrogens with one attached hydrogen (secondary N) is 1. The van der Waals surface area contributed by atoms with Crippen LogP contribution in [0.3, 0.4) is 0 Å². The fourth-order valence-electron chi connectivity index (χ4n) is 1.86. The van der Waals surface area contributed by atoms with Crippen LogP contribution in [0.1, 0.15) is 21.5 Å². The van der Waals surface area contributed by atoms with Crippen LogP contribution in [-0.4, -0.2) is 16.1 Å². The lowest BCUT2D eigenvalue weighted by Crippen LogP contribution is -2.13. The standard InChI is InChI=1S/C15H15NO3/c1-9-4-3-5-10(2)14(9)16-15(19)11-6-7-12(17)13(18)8-11/h3-8,17-18H,1-2H3,(H,16,19). The summed E-state index contributed by atoms with van der Waals surface area (Å²) in [4.78, 5) is 12.1. The van der Waals surface area contributed by atoms with Crippen LogP contribution in [0.4, 0.5) is 5.69 Å². The Balaban J connectivity index is 2.28. The van der Waals surface area contributed by atoms with E-state index in [1.54, 1.807) is 0 Å². The van der Waals surface area contributed by atoms with E-state index in [0.29, 0.717) is 0 Å². The van der Waals surface area contributed by atoms with Crippen molar-refractivity contribution in [3.63, 3.8) is 0 Å². The van der Waals surface area contributed by atoms with Gasteiger partial charge in [0.15, 0.2) is 11.5 Å². The van der Waals surface area contributed by atoms with Crippen LogP contribution >= 0.6 is 0 Å². The molecule has 0 bridgehead atoms. The van der Waals surface area contributed by atoms with Gasteiger partial charge in [-0.15, -0.1) is 0 Å². The largest absolute Gasteiger partial charge is 0.504 e. The van der Waals surface area contributed by atoms with Crippen molar-refractivity contribution in [1.82, 2.24) is 0 Å². The molecule has 0 fully saturated rings. The van der Waals surface area contributed by atoms with E-state index >= 15 is 0 Å². The van der Waals surface area contributed by atoms with Gasteiger partial charge in [-0.3, -0.25) is 4.79 Å². The van der Waals surface area contributed by atoms with Crippen molar-refractivity contribution in [2.24, 2.45) is 0 Å². The summed E-state index contributed by atoms with van der Waals surface area (Å²) in [5.74, 6) is -0.884. The van der Waals surface area contributed by atoms with Gasteiger partial charge in [0.2, 0.25) is 0 Å². The predicted octanol–water partition coefficient (Wildman–Crippen LogP) is 2.97. The number of carbonyl (C=O) groups is 1. The highest BCUT2D eigenvalue weighted by Crippen LogP contribution is 2.26. The molecule has 0 heterocycles. The molecule has 0 aliphatic heterocycles. The fourth-order valence-corrected chi connectivity index (χ4v) is 1.86. The number of hydrogen-bond acceptors (Lipinski definition) is 3. The smallest absolute Gasteiger partial charge is 0.255 e. The maximum absolute atomic E-state index is 12.1. The maximum atomic E-state index is 12.1. The molecule has 0 saturated heterocycles. The first-order chi connectivity index (χ1) is 8.99. The van der Waals surface area contributed by atoms with E-state index in [4.69, 9.17) is 0 Å². The third kappa shape index (κ3) is 2.68. The molecule has 0 aromatic heterocycles. The summed E-state index contributed by atoms with van der Waals surface area (Å²) in [7, 11) is 0. The van der Waals surface area contributed by atoms with Crippen molar-refractivity contribution in [3.8, 4) is 11.5 Å². The number of phenolic OH excluding ortho intramolecular Hbond substituents is 2. The Bertz CT molecular complexity index is 615. The Labute approximate surface area is 111 Å². The van der Waals surface area contributed by atoms with Crippen molar-refractivity contribution in [3.05, 3.63) is 53.1 Å². The highest BCUT2D eigenvalue weighted by molar-refractivity contribution is 6.05. The first-order valence-electron chi connectivity index (χ1n) is 5.88. The van der Waals surface area contributed by atoms with Crippen molar-refractivity contribution in [1.29, 1.82) is 0 Å². The molecule has 0 radical (unpaired) electrons. The molecule has 0 unspecified atom stereocenters. The Morgan fingerprint density at radius 1 is 1.00 bits per heavy atom. The van der Waals surface area contributed by atoms with E-state index in [1.165, 1.54) is 18.2 Å². The Morgan fingerprint density at radius 2 is 1.63 bits per heavy atom. The molecule has 1 amide bonds. The van der Waals surface area contributed by atoms with E-state index in [-0.39, 0.29) is 23.0 Å². The zero-order valence-electron chi connectivity index (χ0n) is 10.8. The zero-order chi connectivity index (χ0) is 14.0. The van der Waals surface area contributed by atoms with E-state index < -0.39 is 0 Å². The SMILES string of the molecule is Cc1cccc(C)c1NC(=O)c1ccc(O)c(O)c1. The molecule has 3 N–H and O–H groups in total. The number of anilines is 1. The third-order valence-corrected chi connectivity index (χ3v) is 2.96. The molecule has 98 valence electrons. The summed E-state index contributed by atoms with van der Waals surface area (Å²) in [6, 6.07) is 9.73. The van der Waals surface area contributed by atoms with Gasteiger partial charge in [0, 0.05) is 11.3 Å². The minimum atomic E-state index is -0.326. The van der Waals surface area contributed by atoms with E-state index in [2.05, 4.69) is 5.32 Å². The average Bonchev–Trinajstić information content (AvgIpc) is 2.37. The molecular formula is C15H15NO3. The molecule has 2 aromatic rings. The molecule has 0 spiro atoms. The normalized spacial score (nSPS) is 10.2. The summed E-state index contributed by atoms with van der Waals surface area (Å²) in [5.41, 5.74) is 2.99. The van der Waals surface area contributed by atoms with Crippen LogP contribution in [0.15, 0.2) is 36.4 Å². The Kier molecular flexibility index (Phi) is 3.42. The molecule has 0 aliphatic rings. The monoisotopic (exact) mass is 257 g/mol. The highest BCUT2D eigenvalue weighted by Gasteiger charge is 2.11. The first kappa shape index (κ1) is 13.0. The maximum Gasteiger partial charge on any atom is 0.255 e. The molecule has 19 heavy (non-hydrogen) atoms. The quantitative estimate of drug-likeness (QED) is 0.724. The van der Waals surface area contributed by atoms with Crippen LogP contribution in [0.25, 0.3) is 0 Å². The van der Waals surface area contributed by atoms with Crippen LogP contribution in [0.2, 0.25) is 0 Å². The molecule has 0 aliphatic carbocycles. The van der Waals surface area contributed by atoms with E-state index in [1.807, 2.05) is 32.0 Å². The number of aryl methyl sites for hydroxylation is 2. The molecular weight excluding hydrogens is 242 g/mol.